The lowest BCUT2D eigenvalue weighted by molar-refractivity contribution is 0.449. The zero-order chi connectivity index (χ0) is 31.1. The summed E-state index contributed by atoms with van der Waals surface area (Å²) < 4.78 is 41.5. The van der Waals surface area contributed by atoms with Gasteiger partial charge >= 0.3 is 0 Å². The fourth-order valence-corrected chi connectivity index (χ4v) is 6.31. The molecule has 0 bridgehead atoms. The van der Waals surface area contributed by atoms with Gasteiger partial charge in [-0.25, -0.2) is 4.68 Å². The zero-order valence-corrected chi connectivity index (χ0v) is 27.3. The fraction of sp³-hybridized carbons (Fsp3) is 0.571. The Hall–Kier alpha value is -2.84. The molecule has 0 spiro atoms. The Morgan fingerprint density at radius 3 is 1.84 bits per heavy atom. The number of benzene rings is 2. The highest BCUT2D eigenvalue weighted by molar-refractivity contribution is 7.86. The van der Waals surface area contributed by atoms with Crippen molar-refractivity contribution in [1.82, 2.24) is 9.78 Å². The first-order chi connectivity index (χ1) is 20.7. The van der Waals surface area contributed by atoms with Gasteiger partial charge in [0.1, 0.15) is 16.4 Å². The number of aromatic amines is 1. The molecule has 43 heavy (non-hydrogen) atoms. The van der Waals surface area contributed by atoms with Crippen molar-refractivity contribution in [3.63, 3.8) is 0 Å². The molecule has 0 amide bonds. The van der Waals surface area contributed by atoms with E-state index in [0.717, 1.165) is 25.0 Å². The Labute approximate surface area is 258 Å². The number of rotatable bonds is 21. The average molecular weight is 613 g/mol. The molecule has 7 nitrogen and oxygen atoms in total. The molecule has 0 fully saturated rings. The van der Waals surface area contributed by atoms with Crippen molar-refractivity contribution in [2.75, 3.05) is 0 Å². The van der Waals surface area contributed by atoms with E-state index in [1.807, 2.05) is 19.9 Å². The van der Waals surface area contributed by atoms with Crippen molar-refractivity contribution in [3.8, 4) is 17.2 Å². The Balaban J connectivity index is 1.52. The number of aryl methyl sites for hydroxylation is 1. The van der Waals surface area contributed by atoms with E-state index in [4.69, 9.17) is 4.74 Å². The number of nitrogens with zero attached hydrogens (tertiary/aromatic N) is 1. The summed E-state index contributed by atoms with van der Waals surface area (Å²) in [6.07, 6.45) is 20.3. The second-order valence-electron chi connectivity index (χ2n) is 12.0. The van der Waals surface area contributed by atoms with Crippen molar-refractivity contribution in [2.45, 2.75) is 134 Å². The SMILES string of the molecule is CCCCCCCCCCCCCCCCCc1[nH]n(-c2ccc(Oc3ccccc3)c(S(=O)(=O)O)c2)c(=O)c1C(C)C. The molecule has 0 atom stereocenters. The largest absolute Gasteiger partial charge is 0.456 e. The van der Waals surface area contributed by atoms with Crippen molar-refractivity contribution in [1.29, 1.82) is 0 Å². The van der Waals surface area contributed by atoms with E-state index in [-0.39, 0.29) is 17.2 Å². The van der Waals surface area contributed by atoms with Crippen LogP contribution in [0.5, 0.6) is 11.5 Å². The summed E-state index contributed by atoms with van der Waals surface area (Å²) in [6.45, 7) is 6.25. The van der Waals surface area contributed by atoms with E-state index in [9.17, 15) is 17.8 Å². The number of ether oxygens (including phenoxy) is 1. The van der Waals surface area contributed by atoms with E-state index < -0.39 is 15.0 Å². The fourth-order valence-electron chi connectivity index (χ4n) is 5.67. The molecule has 3 rings (SSSR count). The summed E-state index contributed by atoms with van der Waals surface area (Å²) >= 11 is 0. The number of H-pyrrole nitrogens is 1. The van der Waals surface area contributed by atoms with Gasteiger partial charge in [-0.1, -0.05) is 129 Å². The van der Waals surface area contributed by atoms with Crippen LogP contribution in [-0.2, 0) is 16.5 Å². The van der Waals surface area contributed by atoms with E-state index in [1.54, 1.807) is 30.3 Å². The molecule has 0 unspecified atom stereocenters. The van der Waals surface area contributed by atoms with E-state index >= 15 is 0 Å². The van der Waals surface area contributed by atoms with Crippen LogP contribution in [0.25, 0.3) is 5.69 Å². The van der Waals surface area contributed by atoms with Crippen molar-refractivity contribution >= 4 is 10.1 Å². The van der Waals surface area contributed by atoms with Crippen molar-refractivity contribution in [2.24, 2.45) is 0 Å². The molecule has 0 saturated carbocycles. The summed E-state index contributed by atoms with van der Waals surface area (Å²) in [7, 11) is -4.61. The molecule has 1 heterocycles. The molecule has 0 radical (unpaired) electrons. The highest BCUT2D eigenvalue weighted by Gasteiger charge is 2.22. The van der Waals surface area contributed by atoms with Crippen LogP contribution in [0.15, 0.2) is 58.2 Å². The Morgan fingerprint density at radius 1 is 0.791 bits per heavy atom. The maximum absolute atomic E-state index is 13.4. The zero-order valence-electron chi connectivity index (χ0n) is 26.4. The third-order valence-corrected chi connectivity index (χ3v) is 8.92. The number of aromatic nitrogens is 2. The van der Waals surface area contributed by atoms with E-state index in [0.29, 0.717) is 17.0 Å². The molecule has 0 saturated heterocycles. The molecule has 2 N–H and O–H groups in total. The normalized spacial score (nSPS) is 11.8. The first-order valence-corrected chi connectivity index (χ1v) is 17.8. The second kappa shape index (κ2) is 18.1. The molecule has 1 aromatic heterocycles. The highest BCUT2D eigenvalue weighted by Crippen LogP contribution is 2.31. The van der Waals surface area contributed by atoms with Gasteiger partial charge in [-0.2, -0.15) is 8.42 Å². The smallest absolute Gasteiger partial charge is 0.298 e. The lowest BCUT2D eigenvalue weighted by atomic mass is 9.99. The number of hydrogen-bond donors (Lipinski definition) is 2. The van der Waals surface area contributed by atoms with Gasteiger partial charge in [-0.3, -0.25) is 14.4 Å². The number of nitrogens with one attached hydrogen (secondary N) is 1. The van der Waals surface area contributed by atoms with Gasteiger partial charge in [-0.05, 0) is 49.1 Å². The Kier molecular flexibility index (Phi) is 14.6. The van der Waals surface area contributed by atoms with Crippen LogP contribution in [0, 0.1) is 0 Å². The van der Waals surface area contributed by atoms with Gasteiger partial charge in [0.25, 0.3) is 15.7 Å². The summed E-state index contributed by atoms with van der Waals surface area (Å²) in [6, 6.07) is 13.1. The van der Waals surface area contributed by atoms with Gasteiger partial charge in [0.05, 0.1) is 5.69 Å². The highest BCUT2D eigenvalue weighted by atomic mass is 32.2. The quantitative estimate of drug-likeness (QED) is 0.0921. The van der Waals surface area contributed by atoms with Gasteiger partial charge in [0.2, 0.25) is 0 Å². The van der Waals surface area contributed by atoms with Crippen LogP contribution < -0.4 is 10.3 Å². The summed E-state index contributed by atoms with van der Waals surface area (Å²) in [5, 5.41) is 3.23. The molecule has 0 aliphatic carbocycles. The van der Waals surface area contributed by atoms with Gasteiger partial charge in [0.15, 0.2) is 0 Å². The predicted molar refractivity (Wildman–Crippen MR) is 175 cm³/mol. The van der Waals surface area contributed by atoms with Crippen LogP contribution in [0.1, 0.15) is 134 Å². The lowest BCUT2D eigenvalue weighted by Crippen LogP contribution is -2.18. The maximum atomic E-state index is 13.4. The van der Waals surface area contributed by atoms with E-state index in [2.05, 4.69) is 12.0 Å². The molecule has 2 aromatic carbocycles. The minimum absolute atomic E-state index is 0.0121. The molecule has 0 aliphatic heterocycles. The lowest BCUT2D eigenvalue weighted by Gasteiger charge is -2.11. The Morgan fingerprint density at radius 2 is 1.33 bits per heavy atom. The second-order valence-corrected chi connectivity index (χ2v) is 13.4. The standard InChI is InChI=1S/C35H52N2O5S/c1-4-5-6-7-8-9-10-11-12-13-14-15-16-17-21-24-31-34(28(2)3)35(38)37(36-31)29-25-26-32(33(27-29)43(39,40)41)42-30-22-19-18-20-23-30/h18-20,22-23,25-28,36H,4-17,21,24H2,1-3H3,(H,39,40,41). The molecule has 8 heteroatoms. The minimum Gasteiger partial charge on any atom is -0.456 e. The monoisotopic (exact) mass is 612 g/mol. The predicted octanol–water partition coefficient (Wildman–Crippen LogP) is 9.74. The summed E-state index contributed by atoms with van der Waals surface area (Å²) in [5.74, 6) is 0.433. The Bertz CT molecular complexity index is 1390. The first kappa shape index (κ1) is 34.6. The van der Waals surface area contributed by atoms with Gasteiger partial charge in [-0.15, -0.1) is 0 Å². The van der Waals surface area contributed by atoms with Crippen molar-refractivity contribution < 1.29 is 17.7 Å². The van der Waals surface area contributed by atoms with Crippen LogP contribution in [0.3, 0.4) is 0 Å². The number of para-hydroxylation sites is 1. The molecular formula is C35H52N2O5S. The average Bonchev–Trinajstić information content (AvgIpc) is 3.31. The number of hydrogen-bond acceptors (Lipinski definition) is 4. The molecule has 3 aromatic rings. The first-order valence-electron chi connectivity index (χ1n) is 16.4. The molecular weight excluding hydrogens is 560 g/mol. The topological polar surface area (TPSA) is 101 Å². The van der Waals surface area contributed by atoms with Gasteiger partial charge in [0, 0.05) is 11.3 Å². The van der Waals surface area contributed by atoms with E-state index in [1.165, 1.54) is 100 Å². The van der Waals surface area contributed by atoms with Crippen molar-refractivity contribution in [3.05, 3.63) is 70.1 Å². The maximum Gasteiger partial charge on any atom is 0.298 e. The summed E-state index contributed by atoms with van der Waals surface area (Å²) in [5.41, 5.74) is 1.71. The minimum atomic E-state index is -4.61. The summed E-state index contributed by atoms with van der Waals surface area (Å²) in [4.78, 5) is 13.0. The molecule has 238 valence electrons. The van der Waals surface area contributed by atoms with Crippen LogP contribution >= 0.6 is 0 Å². The third kappa shape index (κ3) is 11.3. The number of unbranched alkanes of at least 4 members (excludes halogenated alkanes) is 14. The van der Waals surface area contributed by atoms with Crippen LogP contribution in [0.2, 0.25) is 0 Å². The third-order valence-electron chi connectivity index (χ3n) is 8.05. The molecule has 0 aliphatic rings. The van der Waals surface area contributed by atoms with Gasteiger partial charge < -0.3 is 4.74 Å². The van der Waals surface area contributed by atoms with Crippen LogP contribution in [-0.4, -0.2) is 22.8 Å². The van der Waals surface area contributed by atoms with Crippen LogP contribution in [0.4, 0.5) is 0 Å².